The molecule has 3 aromatic rings. The number of ether oxygens (including phenoxy) is 1. The molecule has 0 unspecified atom stereocenters. The lowest BCUT2D eigenvalue weighted by Gasteiger charge is -2.33. The number of aliphatic carboxylic acids is 1. The Morgan fingerprint density at radius 1 is 1.00 bits per heavy atom. The maximum atomic E-state index is 14.9. The summed E-state index contributed by atoms with van der Waals surface area (Å²) in [5.74, 6) is -4.47. The largest absolute Gasteiger partial charge is 0.493 e. The van der Waals surface area contributed by atoms with E-state index in [1.54, 1.807) is 17.0 Å². The molecule has 3 rings (SSSR count). The van der Waals surface area contributed by atoms with Crippen LogP contribution in [0.2, 0.25) is 0 Å². The number of sulfone groups is 1. The summed E-state index contributed by atoms with van der Waals surface area (Å²) in [6, 6.07) is 10.7. The standard InChI is InChI=1S/C30H31F6NO5S/c1-29(2,20-8-10-21(31)11-9-20)18-37(17-19-6-4-7-24(28(19)33)30(34,35)36)12-5-13-42-22-14-25(32)23(16-27(38)39)26(15-22)43(3,40)41/h4,6-11,14-15H,5,12-13,16-18H2,1-3H3,(H,38,39). The van der Waals surface area contributed by atoms with Crippen molar-refractivity contribution in [3.05, 3.63) is 94.3 Å². The molecule has 1 N–H and O–H groups in total. The molecule has 0 aliphatic rings. The summed E-state index contributed by atoms with van der Waals surface area (Å²) in [6.45, 7) is 3.82. The van der Waals surface area contributed by atoms with Gasteiger partial charge >= 0.3 is 12.1 Å². The Morgan fingerprint density at radius 2 is 1.65 bits per heavy atom. The molecule has 43 heavy (non-hydrogen) atoms. The van der Waals surface area contributed by atoms with E-state index in [-0.39, 0.29) is 44.0 Å². The summed E-state index contributed by atoms with van der Waals surface area (Å²) in [5, 5.41) is 9.03. The van der Waals surface area contributed by atoms with E-state index in [4.69, 9.17) is 9.84 Å². The predicted molar refractivity (Wildman–Crippen MR) is 147 cm³/mol. The zero-order valence-electron chi connectivity index (χ0n) is 23.6. The number of benzene rings is 3. The van der Waals surface area contributed by atoms with Crippen LogP contribution < -0.4 is 4.74 Å². The van der Waals surface area contributed by atoms with E-state index < -0.39 is 67.3 Å². The van der Waals surface area contributed by atoms with Crippen molar-refractivity contribution >= 4 is 15.8 Å². The molecule has 0 radical (unpaired) electrons. The molecule has 0 saturated carbocycles. The van der Waals surface area contributed by atoms with E-state index >= 15 is 0 Å². The van der Waals surface area contributed by atoms with Gasteiger partial charge in [-0.3, -0.25) is 9.69 Å². The van der Waals surface area contributed by atoms with Crippen LogP contribution in [0.1, 0.15) is 42.5 Å². The fourth-order valence-corrected chi connectivity index (χ4v) is 5.68. The summed E-state index contributed by atoms with van der Waals surface area (Å²) in [4.78, 5) is 12.3. The molecule has 0 aliphatic carbocycles. The van der Waals surface area contributed by atoms with Crippen molar-refractivity contribution in [3.8, 4) is 5.75 Å². The fourth-order valence-electron chi connectivity index (χ4n) is 4.73. The molecule has 0 spiro atoms. The predicted octanol–water partition coefficient (Wildman–Crippen LogP) is 6.40. The lowest BCUT2D eigenvalue weighted by molar-refractivity contribution is -0.140. The lowest BCUT2D eigenvalue weighted by Crippen LogP contribution is -2.38. The van der Waals surface area contributed by atoms with Crippen LogP contribution in [-0.4, -0.2) is 50.3 Å². The normalized spacial score (nSPS) is 12.5. The van der Waals surface area contributed by atoms with Gasteiger partial charge in [-0.15, -0.1) is 0 Å². The fraction of sp³-hybridized carbons (Fsp3) is 0.367. The second-order valence-corrected chi connectivity index (χ2v) is 12.8. The minimum absolute atomic E-state index is 0.0839. The summed E-state index contributed by atoms with van der Waals surface area (Å²) in [6.07, 6.45) is -4.71. The quantitative estimate of drug-likeness (QED) is 0.174. The highest BCUT2D eigenvalue weighted by Gasteiger charge is 2.35. The molecule has 0 bridgehead atoms. The first-order chi connectivity index (χ1) is 19.9. The highest BCUT2D eigenvalue weighted by molar-refractivity contribution is 7.90. The molecule has 3 aromatic carbocycles. The van der Waals surface area contributed by atoms with Crippen LogP contribution in [0.5, 0.6) is 5.75 Å². The van der Waals surface area contributed by atoms with Gasteiger partial charge in [-0.1, -0.05) is 38.1 Å². The number of carbonyl (C=O) groups is 1. The average molecular weight is 632 g/mol. The number of halogens is 6. The van der Waals surface area contributed by atoms with Gasteiger partial charge in [-0.25, -0.2) is 21.6 Å². The molecule has 6 nitrogen and oxygen atoms in total. The Labute approximate surface area is 245 Å². The van der Waals surface area contributed by atoms with Gasteiger partial charge in [0.15, 0.2) is 9.84 Å². The SMILES string of the molecule is CC(C)(CN(CCCOc1cc(F)c(CC(=O)O)c(S(C)(=O)=O)c1)Cc1cccc(C(F)(F)F)c1F)c1ccc(F)cc1. The van der Waals surface area contributed by atoms with Crippen LogP contribution in [0, 0.1) is 17.5 Å². The van der Waals surface area contributed by atoms with Crippen LogP contribution in [0.3, 0.4) is 0 Å². The van der Waals surface area contributed by atoms with E-state index in [1.807, 2.05) is 13.8 Å². The topological polar surface area (TPSA) is 83.9 Å². The average Bonchev–Trinajstić information content (AvgIpc) is 2.87. The van der Waals surface area contributed by atoms with Crippen LogP contribution in [-0.2, 0) is 39.2 Å². The lowest BCUT2D eigenvalue weighted by atomic mass is 9.84. The van der Waals surface area contributed by atoms with Gasteiger partial charge < -0.3 is 9.84 Å². The summed E-state index contributed by atoms with van der Waals surface area (Å²) in [7, 11) is -4.00. The number of rotatable bonds is 13. The van der Waals surface area contributed by atoms with Gasteiger partial charge in [0.25, 0.3) is 0 Å². The maximum absolute atomic E-state index is 14.9. The van der Waals surface area contributed by atoms with Crippen LogP contribution >= 0.6 is 0 Å². The molecule has 0 aromatic heterocycles. The second kappa shape index (κ2) is 13.4. The third-order valence-electron chi connectivity index (χ3n) is 6.77. The molecule has 234 valence electrons. The van der Waals surface area contributed by atoms with E-state index in [9.17, 15) is 39.6 Å². The Balaban J connectivity index is 1.82. The first-order valence-corrected chi connectivity index (χ1v) is 15.0. The number of hydrogen-bond donors (Lipinski definition) is 1. The van der Waals surface area contributed by atoms with Gasteiger partial charge in [-0.2, -0.15) is 13.2 Å². The minimum atomic E-state index is -4.88. The Morgan fingerprint density at radius 3 is 2.23 bits per heavy atom. The molecule has 0 aliphatic heterocycles. The first-order valence-electron chi connectivity index (χ1n) is 13.1. The molecule has 0 heterocycles. The van der Waals surface area contributed by atoms with E-state index in [1.165, 1.54) is 18.2 Å². The van der Waals surface area contributed by atoms with E-state index in [0.717, 1.165) is 30.0 Å². The third-order valence-corrected chi connectivity index (χ3v) is 7.93. The van der Waals surface area contributed by atoms with Gasteiger partial charge in [0, 0.05) is 48.5 Å². The Bertz CT molecular complexity index is 1560. The molecular formula is C30H31F6NO5S. The number of alkyl halides is 3. The smallest absolute Gasteiger partial charge is 0.419 e. The number of nitrogens with zero attached hydrogens (tertiary/aromatic N) is 1. The summed E-state index contributed by atoms with van der Waals surface area (Å²) < 4.78 is 113. The van der Waals surface area contributed by atoms with Gasteiger partial charge in [0.05, 0.1) is 23.5 Å². The molecular weight excluding hydrogens is 600 g/mol. The van der Waals surface area contributed by atoms with Gasteiger partial charge in [-0.05, 0) is 36.2 Å². The van der Waals surface area contributed by atoms with E-state index in [2.05, 4.69) is 0 Å². The molecule has 0 fully saturated rings. The van der Waals surface area contributed by atoms with E-state index in [0.29, 0.717) is 6.07 Å². The number of hydrogen-bond acceptors (Lipinski definition) is 5. The first kappa shape index (κ1) is 33.9. The van der Waals surface area contributed by atoms with Crippen LogP contribution in [0.25, 0.3) is 0 Å². The molecule has 0 saturated heterocycles. The minimum Gasteiger partial charge on any atom is -0.493 e. The second-order valence-electron chi connectivity index (χ2n) is 10.8. The Kier molecular flexibility index (Phi) is 10.6. The highest BCUT2D eigenvalue weighted by atomic mass is 32.2. The van der Waals surface area contributed by atoms with Crippen LogP contribution in [0.15, 0.2) is 59.5 Å². The zero-order chi connectivity index (χ0) is 32.2. The number of carboxylic acid groups (broad SMARTS) is 1. The molecule has 0 atom stereocenters. The maximum Gasteiger partial charge on any atom is 0.419 e. The number of carboxylic acids is 1. The van der Waals surface area contributed by atoms with Crippen molar-refractivity contribution in [2.24, 2.45) is 0 Å². The zero-order valence-corrected chi connectivity index (χ0v) is 24.5. The highest BCUT2D eigenvalue weighted by Crippen LogP contribution is 2.33. The van der Waals surface area contributed by atoms with Crippen LogP contribution in [0.4, 0.5) is 26.3 Å². The van der Waals surface area contributed by atoms with Crippen molar-refractivity contribution < 1.29 is 49.4 Å². The van der Waals surface area contributed by atoms with Crippen molar-refractivity contribution in [1.82, 2.24) is 4.90 Å². The third kappa shape index (κ3) is 9.20. The Hall–Kier alpha value is -3.58. The van der Waals surface area contributed by atoms with Crippen molar-refractivity contribution in [2.75, 3.05) is 26.0 Å². The molecule has 0 amide bonds. The van der Waals surface area contributed by atoms with Gasteiger partial charge in [0.1, 0.15) is 23.2 Å². The van der Waals surface area contributed by atoms with Crippen molar-refractivity contribution in [2.45, 2.75) is 49.7 Å². The molecule has 13 heteroatoms. The summed E-state index contributed by atoms with van der Waals surface area (Å²) >= 11 is 0. The van der Waals surface area contributed by atoms with Gasteiger partial charge in [0.2, 0.25) is 0 Å². The van der Waals surface area contributed by atoms with Crippen molar-refractivity contribution in [3.63, 3.8) is 0 Å². The summed E-state index contributed by atoms with van der Waals surface area (Å²) in [5.41, 5.74) is -1.97. The van der Waals surface area contributed by atoms with Crippen molar-refractivity contribution in [1.29, 1.82) is 0 Å². The monoisotopic (exact) mass is 631 g/mol.